The molecule has 2 rings (SSSR count). The van der Waals surface area contributed by atoms with Gasteiger partial charge in [0, 0.05) is 16.1 Å². The van der Waals surface area contributed by atoms with Gasteiger partial charge in [0.15, 0.2) is 0 Å². The number of anilines is 1. The third kappa shape index (κ3) is 1.66. The molecule has 2 aromatic rings. The lowest BCUT2D eigenvalue weighted by molar-refractivity contribution is 0.0698. The van der Waals surface area contributed by atoms with Gasteiger partial charge in [-0.05, 0) is 18.2 Å². The van der Waals surface area contributed by atoms with E-state index in [0.717, 1.165) is 4.47 Å². The number of carboxylic acids is 1. The number of hydrogen-bond donors (Lipinski definition) is 2. The van der Waals surface area contributed by atoms with Crippen molar-refractivity contribution < 1.29 is 9.90 Å². The number of halogens is 1. The van der Waals surface area contributed by atoms with Gasteiger partial charge in [-0.15, -0.1) is 0 Å². The summed E-state index contributed by atoms with van der Waals surface area (Å²) in [6.45, 7) is 0. The van der Waals surface area contributed by atoms with E-state index in [-0.39, 0.29) is 11.3 Å². The zero-order valence-electron chi connectivity index (χ0n) is 7.57. The van der Waals surface area contributed by atoms with Crippen LogP contribution in [0.1, 0.15) is 10.4 Å². The highest BCUT2D eigenvalue weighted by molar-refractivity contribution is 9.10. The van der Waals surface area contributed by atoms with Gasteiger partial charge in [0.1, 0.15) is 5.56 Å². The van der Waals surface area contributed by atoms with Crippen LogP contribution in [0.2, 0.25) is 0 Å². The Kier molecular flexibility index (Phi) is 2.32. The standard InChI is InChI=1S/C10H7BrN2O2/c11-5-1-2-6-8(3-5)13-4-7(9(6)12)10(14)15/h1-4H,(H2,12,13)(H,14,15). The number of carboxylic acid groups (broad SMARTS) is 1. The molecule has 5 heteroatoms. The lowest BCUT2D eigenvalue weighted by Crippen LogP contribution is -2.03. The SMILES string of the molecule is Nc1c(C(=O)O)cnc2cc(Br)ccc12. The van der Waals surface area contributed by atoms with E-state index < -0.39 is 5.97 Å². The van der Waals surface area contributed by atoms with Gasteiger partial charge >= 0.3 is 5.97 Å². The van der Waals surface area contributed by atoms with Gasteiger partial charge in [0.2, 0.25) is 0 Å². The molecule has 0 aliphatic rings. The predicted octanol–water partition coefficient (Wildman–Crippen LogP) is 2.28. The lowest BCUT2D eigenvalue weighted by Gasteiger charge is -2.04. The number of benzene rings is 1. The topological polar surface area (TPSA) is 76.2 Å². The summed E-state index contributed by atoms with van der Waals surface area (Å²) in [5.74, 6) is -1.06. The summed E-state index contributed by atoms with van der Waals surface area (Å²) in [6, 6.07) is 5.33. The molecule has 15 heavy (non-hydrogen) atoms. The predicted molar refractivity (Wildman–Crippen MR) is 60.8 cm³/mol. The van der Waals surface area contributed by atoms with Crippen LogP contribution in [0.5, 0.6) is 0 Å². The molecule has 0 bridgehead atoms. The van der Waals surface area contributed by atoms with E-state index in [2.05, 4.69) is 20.9 Å². The maximum absolute atomic E-state index is 10.8. The van der Waals surface area contributed by atoms with Crippen LogP contribution >= 0.6 is 15.9 Å². The molecular weight excluding hydrogens is 260 g/mol. The number of pyridine rings is 1. The number of aromatic nitrogens is 1. The van der Waals surface area contributed by atoms with Crippen molar-refractivity contribution >= 4 is 38.5 Å². The molecule has 0 radical (unpaired) electrons. The molecule has 1 aromatic heterocycles. The molecular formula is C10H7BrN2O2. The Morgan fingerprint density at radius 3 is 2.87 bits per heavy atom. The molecule has 4 nitrogen and oxygen atoms in total. The molecule has 3 N–H and O–H groups in total. The number of fused-ring (bicyclic) bond motifs is 1. The van der Waals surface area contributed by atoms with Gasteiger partial charge in [0.25, 0.3) is 0 Å². The minimum Gasteiger partial charge on any atom is -0.478 e. The zero-order valence-corrected chi connectivity index (χ0v) is 9.15. The molecule has 0 aliphatic heterocycles. The van der Waals surface area contributed by atoms with E-state index in [9.17, 15) is 4.79 Å². The van der Waals surface area contributed by atoms with Gasteiger partial charge < -0.3 is 10.8 Å². The van der Waals surface area contributed by atoms with Gasteiger partial charge in [-0.3, -0.25) is 4.98 Å². The maximum atomic E-state index is 10.8. The Balaban J connectivity index is 2.80. The lowest BCUT2D eigenvalue weighted by atomic mass is 10.1. The fourth-order valence-electron chi connectivity index (χ4n) is 1.36. The largest absolute Gasteiger partial charge is 0.478 e. The molecule has 1 aromatic carbocycles. The zero-order chi connectivity index (χ0) is 11.0. The second kappa shape index (κ2) is 3.51. The molecule has 0 saturated carbocycles. The van der Waals surface area contributed by atoms with E-state index >= 15 is 0 Å². The van der Waals surface area contributed by atoms with Crippen molar-refractivity contribution in [2.75, 3.05) is 5.73 Å². The van der Waals surface area contributed by atoms with Crippen LogP contribution in [0.3, 0.4) is 0 Å². The Morgan fingerprint density at radius 1 is 1.47 bits per heavy atom. The summed E-state index contributed by atoms with van der Waals surface area (Å²) in [4.78, 5) is 14.8. The minimum atomic E-state index is -1.06. The van der Waals surface area contributed by atoms with Crippen LogP contribution in [0.15, 0.2) is 28.9 Å². The third-order valence-electron chi connectivity index (χ3n) is 2.10. The molecule has 0 fully saturated rings. The Hall–Kier alpha value is -1.62. The second-order valence-electron chi connectivity index (χ2n) is 3.05. The fraction of sp³-hybridized carbons (Fsp3) is 0. The minimum absolute atomic E-state index is 0.0322. The van der Waals surface area contributed by atoms with E-state index in [1.165, 1.54) is 6.20 Å². The normalized spacial score (nSPS) is 10.5. The molecule has 1 heterocycles. The van der Waals surface area contributed by atoms with E-state index in [0.29, 0.717) is 10.9 Å². The first kappa shape index (κ1) is 9.92. The van der Waals surface area contributed by atoms with Crippen molar-refractivity contribution in [3.8, 4) is 0 Å². The van der Waals surface area contributed by atoms with Crippen LogP contribution < -0.4 is 5.73 Å². The molecule has 0 spiro atoms. The smallest absolute Gasteiger partial charge is 0.339 e. The molecule has 76 valence electrons. The molecule has 0 atom stereocenters. The first-order chi connectivity index (χ1) is 7.09. The number of nitrogens with two attached hydrogens (primary N) is 1. The molecule has 0 saturated heterocycles. The first-order valence-corrected chi connectivity index (χ1v) is 4.96. The first-order valence-electron chi connectivity index (χ1n) is 4.16. The summed E-state index contributed by atoms with van der Waals surface area (Å²) in [5.41, 5.74) is 6.69. The number of hydrogen-bond acceptors (Lipinski definition) is 3. The van der Waals surface area contributed by atoms with Crippen molar-refractivity contribution in [3.05, 3.63) is 34.4 Å². The van der Waals surface area contributed by atoms with Crippen LogP contribution in [-0.2, 0) is 0 Å². The molecule has 0 unspecified atom stereocenters. The van der Waals surface area contributed by atoms with Gasteiger partial charge in [-0.2, -0.15) is 0 Å². The number of nitrogens with zero attached hydrogens (tertiary/aromatic N) is 1. The van der Waals surface area contributed by atoms with E-state index in [4.69, 9.17) is 10.8 Å². The Morgan fingerprint density at radius 2 is 2.20 bits per heavy atom. The average molecular weight is 267 g/mol. The van der Waals surface area contributed by atoms with Crippen molar-refractivity contribution in [2.24, 2.45) is 0 Å². The number of nitrogen functional groups attached to an aromatic ring is 1. The summed E-state index contributed by atoms with van der Waals surface area (Å²) in [7, 11) is 0. The fourth-order valence-corrected chi connectivity index (χ4v) is 1.71. The third-order valence-corrected chi connectivity index (χ3v) is 2.60. The van der Waals surface area contributed by atoms with Gasteiger partial charge in [-0.25, -0.2) is 4.79 Å². The number of carbonyl (C=O) groups is 1. The van der Waals surface area contributed by atoms with Crippen molar-refractivity contribution in [1.29, 1.82) is 0 Å². The highest BCUT2D eigenvalue weighted by Crippen LogP contribution is 2.25. The van der Waals surface area contributed by atoms with Crippen LogP contribution in [0.4, 0.5) is 5.69 Å². The highest BCUT2D eigenvalue weighted by atomic mass is 79.9. The quantitative estimate of drug-likeness (QED) is 0.831. The average Bonchev–Trinajstić information content (AvgIpc) is 2.17. The van der Waals surface area contributed by atoms with Crippen LogP contribution in [0.25, 0.3) is 10.9 Å². The van der Waals surface area contributed by atoms with Crippen LogP contribution in [-0.4, -0.2) is 16.1 Å². The van der Waals surface area contributed by atoms with Crippen LogP contribution in [0, 0.1) is 0 Å². The summed E-state index contributed by atoms with van der Waals surface area (Å²) >= 11 is 3.31. The van der Waals surface area contributed by atoms with Gasteiger partial charge in [0.05, 0.1) is 11.2 Å². The van der Waals surface area contributed by atoms with Gasteiger partial charge in [-0.1, -0.05) is 15.9 Å². The monoisotopic (exact) mass is 266 g/mol. The van der Waals surface area contributed by atoms with Crippen molar-refractivity contribution in [2.45, 2.75) is 0 Å². The summed E-state index contributed by atoms with van der Waals surface area (Å²) < 4.78 is 0.880. The van der Waals surface area contributed by atoms with Crippen molar-refractivity contribution in [1.82, 2.24) is 4.98 Å². The molecule has 0 amide bonds. The Labute approximate surface area is 93.9 Å². The van der Waals surface area contributed by atoms with Crippen molar-refractivity contribution in [3.63, 3.8) is 0 Å². The highest BCUT2D eigenvalue weighted by Gasteiger charge is 2.11. The Bertz CT molecular complexity index is 554. The molecule has 0 aliphatic carbocycles. The second-order valence-corrected chi connectivity index (χ2v) is 3.97. The number of aromatic carboxylic acids is 1. The van der Waals surface area contributed by atoms with E-state index in [1.807, 2.05) is 0 Å². The maximum Gasteiger partial charge on any atom is 0.339 e. The van der Waals surface area contributed by atoms with E-state index in [1.54, 1.807) is 18.2 Å². The summed E-state index contributed by atoms with van der Waals surface area (Å²) in [5, 5.41) is 9.50. The number of rotatable bonds is 1. The summed E-state index contributed by atoms with van der Waals surface area (Å²) in [6.07, 6.45) is 1.27.